The highest BCUT2D eigenvalue weighted by Crippen LogP contribution is 2.27. The summed E-state index contributed by atoms with van der Waals surface area (Å²) in [6.07, 6.45) is 0.816. The van der Waals surface area contributed by atoms with Gasteiger partial charge in [-0.25, -0.2) is 0 Å². The lowest BCUT2D eigenvalue weighted by Crippen LogP contribution is -2.25. The third-order valence-electron chi connectivity index (χ3n) is 4.40. The quantitative estimate of drug-likeness (QED) is 0.718. The number of carbonyl (C=O) groups excluding carboxylic acids is 1. The zero-order chi connectivity index (χ0) is 18.2. The lowest BCUT2D eigenvalue weighted by Gasteiger charge is -2.18. The summed E-state index contributed by atoms with van der Waals surface area (Å²) in [6, 6.07) is 29.4. The molecule has 3 nitrogen and oxygen atoms in total. The molecule has 1 N–H and O–H groups in total. The lowest BCUT2D eigenvalue weighted by molar-refractivity contribution is 0.0953. The van der Waals surface area contributed by atoms with Crippen molar-refractivity contribution in [3.8, 4) is 6.07 Å². The van der Waals surface area contributed by atoms with Gasteiger partial charge in [0.25, 0.3) is 5.91 Å². The number of nitriles is 1. The van der Waals surface area contributed by atoms with Crippen LogP contribution in [0.25, 0.3) is 0 Å². The summed E-state index contributed by atoms with van der Waals surface area (Å²) in [6.45, 7) is 0.577. The number of carbonyl (C=O) groups is 1. The summed E-state index contributed by atoms with van der Waals surface area (Å²) in [5.74, 6) is 0.119. The molecule has 0 heterocycles. The molecule has 0 aromatic heterocycles. The molecule has 1 amide bonds. The van der Waals surface area contributed by atoms with Gasteiger partial charge in [-0.15, -0.1) is 0 Å². The molecule has 0 saturated heterocycles. The average molecular weight is 340 g/mol. The van der Waals surface area contributed by atoms with Crippen molar-refractivity contribution in [1.82, 2.24) is 5.32 Å². The minimum atomic E-state index is -0.116. The number of amides is 1. The zero-order valence-electron chi connectivity index (χ0n) is 14.4. The fourth-order valence-electron chi connectivity index (χ4n) is 3.02. The Hall–Kier alpha value is -3.38. The molecular weight excluding hydrogens is 320 g/mol. The van der Waals surface area contributed by atoms with Crippen LogP contribution in [0.5, 0.6) is 0 Å². The van der Waals surface area contributed by atoms with Gasteiger partial charge in [-0.2, -0.15) is 5.26 Å². The Morgan fingerprint density at radius 1 is 0.846 bits per heavy atom. The van der Waals surface area contributed by atoms with E-state index in [0.29, 0.717) is 17.7 Å². The van der Waals surface area contributed by atoms with Crippen LogP contribution < -0.4 is 5.32 Å². The monoisotopic (exact) mass is 340 g/mol. The van der Waals surface area contributed by atoms with E-state index in [1.54, 1.807) is 24.3 Å². The summed E-state index contributed by atoms with van der Waals surface area (Å²) >= 11 is 0. The molecule has 3 heteroatoms. The Morgan fingerprint density at radius 2 is 1.38 bits per heavy atom. The van der Waals surface area contributed by atoms with Crippen LogP contribution in [0.2, 0.25) is 0 Å². The van der Waals surface area contributed by atoms with E-state index >= 15 is 0 Å². The van der Waals surface area contributed by atoms with E-state index in [1.165, 1.54) is 11.1 Å². The van der Waals surface area contributed by atoms with E-state index in [9.17, 15) is 4.79 Å². The first-order valence-electron chi connectivity index (χ1n) is 8.66. The second kappa shape index (κ2) is 8.64. The minimum absolute atomic E-state index is 0.116. The molecule has 3 aromatic rings. The van der Waals surface area contributed by atoms with Crippen LogP contribution in [0.3, 0.4) is 0 Å². The third kappa shape index (κ3) is 4.37. The van der Waals surface area contributed by atoms with Crippen molar-refractivity contribution >= 4 is 5.91 Å². The average Bonchev–Trinajstić information content (AvgIpc) is 2.72. The second-order valence-electron chi connectivity index (χ2n) is 6.11. The minimum Gasteiger partial charge on any atom is -0.352 e. The summed E-state index contributed by atoms with van der Waals surface area (Å²) in [4.78, 5) is 12.3. The number of nitrogens with one attached hydrogen (secondary N) is 1. The van der Waals surface area contributed by atoms with Crippen molar-refractivity contribution in [3.63, 3.8) is 0 Å². The SMILES string of the molecule is N#Cc1ccc(C(=O)NCCC(c2ccccc2)c2ccccc2)cc1. The molecule has 26 heavy (non-hydrogen) atoms. The first-order valence-corrected chi connectivity index (χ1v) is 8.66. The molecule has 0 atom stereocenters. The number of hydrogen-bond acceptors (Lipinski definition) is 2. The molecule has 0 aliphatic heterocycles. The van der Waals surface area contributed by atoms with Crippen LogP contribution in [-0.4, -0.2) is 12.5 Å². The summed E-state index contributed by atoms with van der Waals surface area (Å²) in [5, 5.41) is 11.8. The Labute approximate surface area is 153 Å². The van der Waals surface area contributed by atoms with Crippen molar-refractivity contribution in [3.05, 3.63) is 107 Å². The summed E-state index contributed by atoms with van der Waals surface area (Å²) in [7, 11) is 0. The van der Waals surface area contributed by atoms with Gasteiger partial charge in [0, 0.05) is 18.0 Å². The fourth-order valence-corrected chi connectivity index (χ4v) is 3.02. The first kappa shape index (κ1) is 17.4. The van der Waals surface area contributed by atoms with E-state index in [4.69, 9.17) is 5.26 Å². The van der Waals surface area contributed by atoms with Gasteiger partial charge in [0.15, 0.2) is 0 Å². The van der Waals surface area contributed by atoms with Gasteiger partial charge < -0.3 is 5.32 Å². The molecule has 0 saturated carbocycles. The van der Waals surface area contributed by atoms with Crippen molar-refractivity contribution < 1.29 is 4.79 Å². The molecule has 0 fully saturated rings. The number of rotatable bonds is 6. The lowest BCUT2D eigenvalue weighted by atomic mass is 9.88. The fraction of sp³-hybridized carbons (Fsp3) is 0.130. The first-order chi connectivity index (χ1) is 12.8. The van der Waals surface area contributed by atoms with Crippen LogP contribution in [-0.2, 0) is 0 Å². The van der Waals surface area contributed by atoms with Crippen LogP contribution >= 0.6 is 0 Å². The van der Waals surface area contributed by atoms with Crippen LogP contribution in [0.15, 0.2) is 84.9 Å². The molecule has 0 aliphatic rings. The zero-order valence-corrected chi connectivity index (χ0v) is 14.4. The van der Waals surface area contributed by atoms with Gasteiger partial charge in [-0.1, -0.05) is 60.7 Å². The van der Waals surface area contributed by atoms with E-state index in [1.807, 2.05) is 36.4 Å². The van der Waals surface area contributed by atoms with Gasteiger partial charge in [0.2, 0.25) is 0 Å². The Bertz CT molecular complexity index is 842. The van der Waals surface area contributed by atoms with E-state index in [2.05, 4.69) is 35.7 Å². The maximum absolute atomic E-state index is 12.3. The molecule has 128 valence electrons. The highest BCUT2D eigenvalue weighted by Gasteiger charge is 2.14. The van der Waals surface area contributed by atoms with Gasteiger partial charge in [0.1, 0.15) is 0 Å². The van der Waals surface area contributed by atoms with Gasteiger partial charge in [-0.3, -0.25) is 4.79 Å². The second-order valence-corrected chi connectivity index (χ2v) is 6.11. The van der Waals surface area contributed by atoms with Crippen LogP contribution in [0.1, 0.15) is 39.4 Å². The van der Waals surface area contributed by atoms with E-state index < -0.39 is 0 Å². The number of nitrogens with zero attached hydrogens (tertiary/aromatic N) is 1. The predicted molar refractivity (Wildman–Crippen MR) is 103 cm³/mol. The predicted octanol–water partition coefficient (Wildman–Crippen LogP) is 4.51. The molecular formula is C23H20N2O. The maximum atomic E-state index is 12.3. The van der Waals surface area contributed by atoms with Crippen molar-refractivity contribution in [2.45, 2.75) is 12.3 Å². The van der Waals surface area contributed by atoms with Crippen molar-refractivity contribution in [2.75, 3.05) is 6.54 Å². The van der Waals surface area contributed by atoms with Crippen LogP contribution in [0.4, 0.5) is 0 Å². The summed E-state index contributed by atoms with van der Waals surface area (Å²) in [5.41, 5.74) is 3.60. The molecule has 3 rings (SSSR count). The molecule has 0 aliphatic carbocycles. The maximum Gasteiger partial charge on any atom is 0.251 e. The van der Waals surface area contributed by atoms with Gasteiger partial charge in [0.05, 0.1) is 11.6 Å². The smallest absolute Gasteiger partial charge is 0.251 e. The van der Waals surface area contributed by atoms with E-state index in [0.717, 1.165) is 6.42 Å². The standard InChI is InChI=1S/C23H20N2O/c24-17-18-11-13-21(14-12-18)23(26)25-16-15-22(19-7-3-1-4-8-19)20-9-5-2-6-10-20/h1-14,22H,15-16H2,(H,25,26). The van der Waals surface area contributed by atoms with Crippen molar-refractivity contribution in [1.29, 1.82) is 5.26 Å². The van der Waals surface area contributed by atoms with Gasteiger partial charge in [-0.05, 0) is 41.8 Å². The topological polar surface area (TPSA) is 52.9 Å². The number of hydrogen-bond donors (Lipinski definition) is 1. The molecule has 3 aromatic carbocycles. The molecule has 0 spiro atoms. The van der Waals surface area contributed by atoms with Gasteiger partial charge >= 0.3 is 0 Å². The van der Waals surface area contributed by atoms with Crippen LogP contribution in [0, 0.1) is 11.3 Å². The molecule has 0 unspecified atom stereocenters. The molecule has 0 bridgehead atoms. The third-order valence-corrected chi connectivity index (χ3v) is 4.40. The largest absolute Gasteiger partial charge is 0.352 e. The Kier molecular flexibility index (Phi) is 5.80. The highest BCUT2D eigenvalue weighted by atomic mass is 16.1. The van der Waals surface area contributed by atoms with Crippen molar-refractivity contribution in [2.24, 2.45) is 0 Å². The summed E-state index contributed by atoms with van der Waals surface area (Å²) < 4.78 is 0. The van der Waals surface area contributed by atoms with E-state index in [-0.39, 0.29) is 11.8 Å². The highest BCUT2D eigenvalue weighted by molar-refractivity contribution is 5.94. The normalized spacial score (nSPS) is 10.3. The molecule has 0 radical (unpaired) electrons. The Morgan fingerprint density at radius 3 is 1.88 bits per heavy atom. The number of benzene rings is 3. The Balaban J connectivity index is 1.66.